The van der Waals surface area contributed by atoms with Gasteiger partial charge in [-0.2, -0.15) is 0 Å². The molecule has 26 heavy (non-hydrogen) atoms. The van der Waals surface area contributed by atoms with E-state index in [0.29, 0.717) is 45.2 Å². The second kappa shape index (κ2) is 9.75. The summed E-state index contributed by atoms with van der Waals surface area (Å²) in [5, 5.41) is 15.0. The summed E-state index contributed by atoms with van der Waals surface area (Å²) >= 11 is 0. The largest absolute Gasteiger partial charge is 0.480 e. The number of carbonyl (C=O) groups excluding carboxylic acids is 2. The van der Waals surface area contributed by atoms with Crippen molar-refractivity contribution < 1.29 is 24.2 Å². The smallest absolute Gasteiger partial charge is 0.326 e. The molecule has 2 fully saturated rings. The number of carbonyl (C=O) groups is 3. The zero-order valence-electron chi connectivity index (χ0n) is 15.7. The van der Waals surface area contributed by atoms with Crippen molar-refractivity contribution >= 4 is 17.9 Å². The summed E-state index contributed by atoms with van der Waals surface area (Å²) in [5.74, 6) is -1.54. The number of carboxylic acid groups (broad SMARTS) is 1. The van der Waals surface area contributed by atoms with Crippen LogP contribution >= 0.6 is 0 Å². The summed E-state index contributed by atoms with van der Waals surface area (Å²) in [5.41, 5.74) is 0. The van der Waals surface area contributed by atoms with Crippen molar-refractivity contribution in [2.75, 3.05) is 32.8 Å². The van der Waals surface area contributed by atoms with Crippen molar-refractivity contribution in [1.29, 1.82) is 0 Å². The van der Waals surface area contributed by atoms with E-state index in [1.807, 2.05) is 13.8 Å². The Morgan fingerprint density at radius 3 is 2.62 bits per heavy atom. The van der Waals surface area contributed by atoms with Crippen LogP contribution in [0.15, 0.2) is 0 Å². The van der Waals surface area contributed by atoms with Crippen LogP contribution in [0.3, 0.4) is 0 Å². The number of amides is 3. The third-order valence-electron chi connectivity index (χ3n) is 4.97. The van der Waals surface area contributed by atoms with Crippen molar-refractivity contribution in [3.05, 3.63) is 0 Å². The molecule has 0 radical (unpaired) electrons. The van der Waals surface area contributed by atoms with Gasteiger partial charge in [-0.15, -0.1) is 0 Å². The molecule has 0 aliphatic carbocycles. The van der Waals surface area contributed by atoms with Crippen LogP contribution in [0.25, 0.3) is 0 Å². The summed E-state index contributed by atoms with van der Waals surface area (Å²) < 4.78 is 5.36. The topological polar surface area (TPSA) is 108 Å². The summed E-state index contributed by atoms with van der Waals surface area (Å²) in [6.45, 7) is 6.57. The molecule has 2 aliphatic heterocycles. The second-order valence-electron chi connectivity index (χ2n) is 7.67. The standard InChI is InChI=1S/C18H31N3O5/c1-12(2)9-19-18(25)21-7-3-5-13(10-21)16(22)20-15(17(23)24)14-6-4-8-26-11-14/h12-15H,3-11H2,1-2H3,(H,19,25)(H,20,22)(H,23,24). The highest BCUT2D eigenvalue weighted by Crippen LogP contribution is 2.21. The Morgan fingerprint density at radius 2 is 2.00 bits per heavy atom. The van der Waals surface area contributed by atoms with Crippen LogP contribution in [-0.4, -0.2) is 66.8 Å². The Kier molecular flexibility index (Phi) is 7.68. The van der Waals surface area contributed by atoms with Crippen LogP contribution in [0.4, 0.5) is 4.79 Å². The molecule has 0 bridgehead atoms. The Balaban J connectivity index is 1.90. The molecular weight excluding hydrogens is 338 g/mol. The Bertz CT molecular complexity index is 505. The molecule has 3 amide bonds. The molecule has 2 saturated heterocycles. The van der Waals surface area contributed by atoms with Crippen LogP contribution in [0.5, 0.6) is 0 Å². The molecule has 0 aromatic carbocycles. The Labute approximate surface area is 154 Å². The Hall–Kier alpha value is -1.83. The maximum absolute atomic E-state index is 12.6. The monoisotopic (exact) mass is 369 g/mol. The van der Waals surface area contributed by atoms with E-state index in [1.165, 1.54) is 0 Å². The van der Waals surface area contributed by atoms with E-state index in [0.717, 1.165) is 19.3 Å². The number of nitrogens with zero attached hydrogens (tertiary/aromatic N) is 1. The van der Waals surface area contributed by atoms with E-state index < -0.39 is 12.0 Å². The van der Waals surface area contributed by atoms with Gasteiger partial charge in [0.15, 0.2) is 0 Å². The molecule has 8 nitrogen and oxygen atoms in total. The molecule has 3 unspecified atom stereocenters. The van der Waals surface area contributed by atoms with Crippen LogP contribution in [0.2, 0.25) is 0 Å². The lowest BCUT2D eigenvalue weighted by Gasteiger charge is -2.34. The number of hydrogen-bond acceptors (Lipinski definition) is 4. The first-order chi connectivity index (χ1) is 12.4. The fraction of sp³-hybridized carbons (Fsp3) is 0.833. The lowest BCUT2D eigenvalue weighted by Crippen LogP contribution is -2.54. The number of rotatable bonds is 6. The van der Waals surface area contributed by atoms with Gasteiger partial charge >= 0.3 is 12.0 Å². The summed E-state index contributed by atoms with van der Waals surface area (Å²) in [6, 6.07) is -1.10. The number of hydrogen-bond donors (Lipinski definition) is 3. The normalized spacial score (nSPS) is 24.8. The highest BCUT2D eigenvalue weighted by molar-refractivity contribution is 5.86. The van der Waals surface area contributed by atoms with Crippen molar-refractivity contribution in [3.63, 3.8) is 0 Å². The maximum Gasteiger partial charge on any atom is 0.326 e. The fourth-order valence-corrected chi connectivity index (χ4v) is 3.46. The molecule has 2 rings (SSSR count). The van der Waals surface area contributed by atoms with Crippen LogP contribution < -0.4 is 10.6 Å². The molecule has 3 N–H and O–H groups in total. The number of aliphatic carboxylic acids is 1. The van der Waals surface area contributed by atoms with Gasteiger partial charge in [0.25, 0.3) is 0 Å². The average molecular weight is 369 g/mol. The van der Waals surface area contributed by atoms with Gasteiger partial charge in [0.05, 0.1) is 12.5 Å². The quantitative estimate of drug-likeness (QED) is 0.649. The zero-order chi connectivity index (χ0) is 19.1. The average Bonchev–Trinajstić information content (AvgIpc) is 2.64. The van der Waals surface area contributed by atoms with Gasteiger partial charge in [-0.1, -0.05) is 13.8 Å². The van der Waals surface area contributed by atoms with Crippen molar-refractivity contribution in [2.24, 2.45) is 17.8 Å². The number of urea groups is 1. The molecule has 0 aromatic heterocycles. The molecule has 0 aromatic rings. The fourth-order valence-electron chi connectivity index (χ4n) is 3.46. The number of ether oxygens (including phenoxy) is 1. The molecule has 8 heteroatoms. The van der Waals surface area contributed by atoms with Crippen molar-refractivity contribution in [3.8, 4) is 0 Å². The highest BCUT2D eigenvalue weighted by atomic mass is 16.5. The lowest BCUT2D eigenvalue weighted by molar-refractivity contribution is -0.146. The van der Waals surface area contributed by atoms with E-state index in [-0.39, 0.29) is 23.8 Å². The minimum absolute atomic E-state index is 0.160. The van der Waals surface area contributed by atoms with Gasteiger partial charge in [-0.3, -0.25) is 4.79 Å². The number of likely N-dealkylation sites (tertiary alicyclic amines) is 1. The third kappa shape index (κ3) is 5.86. The third-order valence-corrected chi connectivity index (χ3v) is 4.97. The van der Waals surface area contributed by atoms with Crippen LogP contribution in [-0.2, 0) is 14.3 Å². The predicted molar refractivity (Wildman–Crippen MR) is 95.6 cm³/mol. The van der Waals surface area contributed by atoms with Gasteiger partial charge in [-0.05, 0) is 31.6 Å². The summed E-state index contributed by atoms with van der Waals surface area (Å²) in [6.07, 6.45) is 2.92. The summed E-state index contributed by atoms with van der Waals surface area (Å²) in [7, 11) is 0. The van der Waals surface area contributed by atoms with E-state index in [4.69, 9.17) is 4.74 Å². The van der Waals surface area contributed by atoms with E-state index in [9.17, 15) is 19.5 Å². The van der Waals surface area contributed by atoms with E-state index in [2.05, 4.69) is 10.6 Å². The predicted octanol–water partition coefficient (Wildman–Crippen LogP) is 1.06. The van der Waals surface area contributed by atoms with Crippen LogP contribution in [0.1, 0.15) is 39.5 Å². The molecule has 0 saturated carbocycles. The first-order valence-electron chi connectivity index (χ1n) is 9.52. The molecule has 2 heterocycles. The minimum atomic E-state index is -1.03. The highest BCUT2D eigenvalue weighted by Gasteiger charge is 2.35. The lowest BCUT2D eigenvalue weighted by atomic mass is 9.92. The van der Waals surface area contributed by atoms with Crippen molar-refractivity contribution in [2.45, 2.75) is 45.6 Å². The molecule has 2 aliphatic rings. The number of piperidine rings is 1. The molecule has 148 valence electrons. The first-order valence-corrected chi connectivity index (χ1v) is 9.52. The van der Waals surface area contributed by atoms with Gasteiger partial charge in [0.1, 0.15) is 6.04 Å². The zero-order valence-corrected chi connectivity index (χ0v) is 15.7. The van der Waals surface area contributed by atoms with E-state index >= 15 is 0 Å². The summed E-state index contributed by atoms with van der Waals surface area (Å²) in [4.78, 5) is 38.1. The van der Waals surface area contributed by atoms with Gasteiger partial charge in [-0.25, -0.2) is 9.59 Å². The number of carboxylic acids is 1. The SMILES string of the molecule is CC(C)CNC(=O)N1CCCC(C(=O)NC(C(=O)O)C2CCCOC2)C1. The van der Waals surface area contributed by atoms with Gasteiger partial charge < -0.3 is 25.4 Å². The van der Waals surface area contributed by atoms with Crippen molar-refractivity contribution in [1.82, 2.24) is 15.5 Å². The Morgan fingerprint density at radius 1 is 1.23 bits per heavy atom. The van der Waals surface area contributed by atoms with Gasteiger partial charge in [0.2, 0.25) is 5.91 Å². The second-order valence-corrected chi connectivity index (χ2v) is 7.67. The minimum Gasteiger partial charge on any atom is -0.480 e. The molecule has 0 spiro atoms. The first kappa shape index (κ1) is 20.5. The molecular formula is C18H31N3O5. The van der Waals surface area contributed by atoms with Crippen LogP contribution in [0, 0.1) is 17.8 Å². The molecule has 3 atom stereocenters. The van der Waals surface area contributed by atoms with E-state index in [1.54, 1.807) is 4.90 Å². The number of nitrogens with one attached hydrogen (secondary N) is 2. The maximum atomic E-state index is 12.6. The van der Waals surface area contributed by atoms with Gasteiger partial charge in [0, 0.05) is 32.2 Å².